The lowest BCUT2D eigenvalue weighted by atomic mass is 10.2. The molecular formula is C12H13N3OS. The molecule has 0 fully saturated rings. The van der Waals surface area contributed by atoms with Crippen LogP contribution in [0.5, 0.6) is 0 Å². The van der Waals surface area contributed by atoms with E-state index >= 15 is 0 Å². The van der Waals surface area contributed by atoms with Crippen molar-refractivity contribution in [2.75, 3.05) is 11.1 Å². The number of hydrogen-bond acceptors (Lipinski definition) is 4. The standard InChI is InChI=1S/C12H13N3OS/c1-7-3-4-10(8(2)14-7)15-12(16)11-9(13)5-6-17-11/h3-6H,13H2,1-2H3,(H,15,16). The van der Waals surface area contributed by atoms with E-state index in [1.165, 1.54) is 11.3 Å². The molecule has 0 unspecified atom stereocenters. The average Bonchev–Trinajstić information content (AvgIpc) is 2.68. The number of nitrogen functional groups attached to an aromatic ring is 1. The summed E-state index contributed by atoms with van der Waals surface area (Å²) < 4.78 is 0. The van der Waals surface area contributed by atoms with Gasteiger partial charge in [0.15, 0.2) is 0 Å². The summed E-state index contributed by atoms with van der Waals surface area (Å²) in [5.41, 5.74) is 8.64. The van der Waals surface area contributed by atoms with Gasteiger partial charge in [-0.15, -0.1) is 11.3 Å². The van der Waals surface area contributed by atoms with E-state index < -0.39 is 0 Å². The number of pyridine rings is 1. The zero-order chi connectivity index (χ0) is 12.4. The van der Waals surface area contributed by atoms with Crippen LogP contribution in [0.2, 0.25) is 0 Å². The Labute approximate surface area is 103 Å². The second-order valence-electron chi connectivity index (χ2n) is 3.74. The molecule has 17 heavy (non-hydrogen) atoms. The Morgan fingerprint density at radius 2 is 2.12 bits per heavy atom. The van der Waals surface area contributed by atoms with Gasteiger partial charge in [-0.2, -0.15) is 0 Å². The van der Waals surface area contributed by atoms with Crippen LogP contribution in [0.1, 0.15) is 21.1 Å². The molecule has 2 heterocycles. The van der Waals surface area contributed by atoms with Crippen LogP contribution < -0.4 is 11.1 Å². The summed E-state index contributed by atoms with van der Waals surface area (Å²) in [5, 5.41) is 4.61. The van der Waals surface area contributed by atoms with Crippen molar-refractivity contribution >= 4 is 28.6 Å². The second-order valence-corrected chi connectivity index (χ2v) is 4.66. The van der Waals surface area contributed by atoms with Crippen molar-refractivity contribution in [3.05, 3.63) is 39.8 Å². The van der Waals surface area contributed by atoms with E-state index in [-0.39, 0.29) is 5.91 Å². The minimum Gasteiger partial charge on any atom is -0.397 e. The number of aryl methyl sites for hydroxylation is 2. The molecule has 5 heteroatoms. The lowest BCUT2D eigenvalue weighted by Gasteiger charge is -2.07. The van der Waals surface area contributed by atoms with Gasteiger partial charge in [0.2, 0.25) is 0 Å². The fourth-order valence-corrected chi connectivity index (χ4v) is 2.21. The quantitative estimate of drug-likeness (QED) is 0.857. The summed E-state index contributed by atoms with van der Waals surface area (Å²) in [6.07, 6.45) is 0. The maximum atomic E-state index is 11.9. The van der Waals surface area contributed by atoms with Gasteiger partial charge >= 0.3 is 0 Å². The van der Waals surface area contributed by atoms with Gasteiger partial charge in [0.05, 0.1) is 17.1 Å². The number of amides is 1. The highest BCUT2D eigenvalue weighted by Gasteiger charge is 2.12. The summed E-state index contributed by atoms with van der Waals surface area (Å²) in [5.74, 6) is -0.189. The van der Waals surface area contributed by atoms with Crippen molar-refractivity contribution in [3.8, 4) is 0 Å². The Bertz CT molecular complexity index is 563. The monoisotopic (exact) mass is 247 g/mol. The van der Waals surface area contributed by atoms with Crippen molar-refractivity contribution < 1.29 is 4.79 Å². The van der Waals surface area contributed by atoms with Crippen LogP contribution >= 0.6 is 11.3 Å². The van der Waals surface area contributed by atoms with Gasteiger partial charge in [0.25, 0.3) is 5.91 Å². The highest BCUT2D eigenvalue weighted by molar-refractivity contribution is 7.12. The van der Waals surface area contributed by atoms with Gasteiger partial charge < -0.3 is 11.1 Å². The molecule has 2 aromatic rings. The molecule has 88 valence electrons. The molecule has 4 nitrogen and oxygen atoms in total. The third kappa shape index (κ3) is 2.45. The van der Waals surface area contributed by atoms with E-state index in [0.717, 1.165) is 11.4 Å². The Morgan fingerprint density at radius 1 is 1.35 bits per heavy atom. The number of anilines is 2. The minimum absolute atomic E-state index is 0.189. The van der Waals surface area contributed by atoms with Crippen LogP contribution in [0, 0.1) is 13.8 Å². The number of thiophene rings is 1. The number of hydrogen-bond donors (Lipinski definition) is 2. The van der Waals surface area contributed by atoms with Crippen LogP contribution in [0.4, 0.5) is 11.4 Å². The first kappa shape index (κ1) is 11.6. The lowest BCUT2D eigenvalue weighted by Crippen LogP contribution is -2.13. The first-order valence-corrected chi connectivity index (χ1v) is 6.04. The largest absolute Gasteiger partial charge is 0.397 e. The van der Waals surface area contributed by atoms with Crippen LogP contribution in [0.15, 0.2) is 23.6 Å². The van der Waals surface area contributed by atoms with E-state index in [4.69, 9.17) is 5.73 Å². The summed E-state index contributed by atoms with van der Waals surface area (Å²) in [4.78, 5) is 16.7. The minimum atomic E-state index is -0.189. The number of aromatic nitrogens is 1. The van der Waals surface area contributed by atoms with Gasteiger partial charge in [-0.25, -0.2) is 0 Å². The zero-order valence-corrected chi connectivity index (χ0v) is 10.5. The zero-order valence-electron chi connectivity index (χ0n) is 9.65. The van der Waals surface area contributed by atoms with E-state index in [2.05, 4.69) is 10.3 Å². The molecule has 0 aromatic carbocycles. The summed E-state index contributed by atoms with van der Waals surface area (Å²) in [7, 11) is 0. The van der Waals surface area contributed by atoms with Crippen molar-refractivity contribution in [2.45, 2.75) is 13.8 Å². The molecule has 2 aromatic heterocycles. The van der Waals surface area contributed by atoms with Gasteiger partial charge in [0.1, 0.15) is 4.88 Å². The summed E-state index contributed by atoms with van der Waals surface area (Å²) in [6.45, 7) is 3.77. The molecule has 0 saturated heterocycles. The molecule has 3 N–H and O–H groups in total. The van der Waals surface area contributed by atoms with Crippen LogP contribution in [-0.4, -0.2) is 10.9 Å². The van der Waals surface area contributed by atoms with E-state index in [0.29, 0.717) is 16.3 Å². The second kappa shape index (κ2) is 4.55. The van der Waals surface area contributed by atoms with Crippen molar-refractivity contribution in [3.63, 3.8) is 0 Å². The summed E-state index contributed by atoms with van der Waals surface area (Å²) in [6, 6.07) is 5.43. The smallest absolute Gasteiger partial charge is 0.267 e. The number of nitrogens with one attached hydrogen (secondary N) is 1. The van der Waals surface area contributed by atoms with Crippen LogP contribution in [-0.2, 0) is 0 Å². The molecule has 0 aliphatic heterocycles. The predicted octanol–water partition coefficient (Wildman–Crippen LogP) is 2.59. The van der Waals surface area contributed by atoms with E-state index in [1.54, 1.807) is 11.4 Å². The number of carbonyl (C=O) groups is 1. The first-order valence-electron chi connectivity index (χ1n) is 5.16. The van der Waals surface area contributed by atoms with Gasteiger partial charge in [-0.05, 0) is 37.4 Å². The van der Waals surface area contributed by atoms with Crippen molar-refractivity contribution in [1.82, 2.24) is 4.98 Å². The first-order chi connectivity index (χ1) is 8.08. The topological polar surface area (TPSA) is 68.0 Å². The molecule has 0 saturated carbocycles. The van der Waals surface area contributed by atoms with Crippen molar-refractivity contribution in [1.29, 1.82) is 0 Å². The molecule has 0 aliphatic rings. The third-order valence-electron chi connectivity index (χ3n) is 2.38. The molecule has 0 spiro atoms. The predicted molar refractivity (Wildman–Crippen MR) is 70.4 cm³/mol. The normalized spacial score (nSPS) is 10.2. The van der Waals surface area contributed by atoms with E-state index in [9.17, 15) is 4.79 Å². The Balaban J connectivity index is 2.22. The SMILES string of the molecule is Cc1ccc(NC(=O)c2sccc2N)c(C)n1. The molecule has 0 atom stereocenters. The van der Waals surface area contributed by atoms with E-state index in [1.807, 2.05) is 26.0 Å². The molecule has 1 amide bonds. The van der Waals surface area contributed by atoms with Gasteiger partial charge in [-0.3, -0.25) is 9.78 Å². The molecular weight excluding hydrogens is 234 g/mol. The average molecular weight is 247 g/mol. The maximum Gasteiger partial charge on any atom is 0.267 e. The summed E-state index contributed by atoms with van der Waals surface area (Å²) >= 11 is 1.33. The number of rotatable bonds is 2. The van der Waals surface area contributed by atoms with Crippen LogP contribution in [0.3, 0.4) is 0 Å². The number of nitrogens with two attached hydrogens (primary N) is 1. The number of nitrogens with zero attached hydrogens (tertiary/aromatic N) is 1. The van der Waals surface area contributed by atoms with Crippen molar-refractivity contribution in [2.24, 2.45) is 0 Å². The van der Waals surface area contributed by atoms with Crippen LogP contribution in [0.25, 0.3) is 0 Å². The Morgan fingerprint density at radius 3 is 2.71 bits per heavy atom. The third-order valence-corrected chi connectivity index (χ3v) is 3.30. The number of carbonyl (C=O) groups excluding carboxylic acids is 1. The highest BCUT2D eigenvalue weighted by atomic mass is 32.1. The van der Waals surface area contributed by atoms with Gasteiger partial charge in [0, 0.05) is 5.69 Å². The maximum absolute atomic E-state index is 11.9. The molecule has 2 rings (SSSR count). The lowest BCUT2D eigenvalue weighted by molar-refractivity contribution is 0.103. The van der Waals surface area contributed by atoms with Gasteiger partial charge in [-0.1, -0.05) is 0 Å². The molecule has 0 radical (unpaired) electrons. The molecule has 0 bridgehead atoms. The fourth-order valence-electron chi connectivity index (χ4n) is 1.50. The fraction of sp³-hybridized carbons (Fsp3) is 0.167. The Hall–Kier alpha value is -1.88. The Kier molecular flexibility index (Phi) is 3.10. The molecule has 0 aliphatic carbocycles. The highest BCUT2D eigenvalue weighted by Crippen LogP contribution is 2.21.